The average molecular weight is 456 g/mol. The Kier molecular flexibility index (Phi) is 7.31. The Morgan fingerprint density at radius 2 is 1.48 bits per heavy atom. The largest absolute Gasteiger partial charge is 0.300 e. The van der Waals surface area contributed by atoms with Gasteiger partial charge in [0.1, 0.15) is 0 Å². The molecule has 1 heteroatoms. The fraction of sp³-hybridized carbons (Fsp3) is 1.00. The van der Waals surface area contributed by atoms with Crippen molar-refractivity contribution in [1.82, 2.24) is 4.90 Å². The van der Waals surface area contributed by atoms with E-state index in [1.165, 1.54) is 64.5 Å². The molecule has 0 aromatic rings. The smallest absolute Gasteiger partial charge is 0.00983 e. The van der Waals surface area contributed by atoms with Crippen LogP contribution >= 0.6 is 0 Å². The molecule has 5 aliphatic rings. The van der Waals surface area contributed by atoms with E-state index in [1.54, 1.807) is 44.9 Å². The van der Waals surface area contributed by atoms with Crippen molar-refractivity contribution < 1.29 is 0 Å². The minimum Gasteiger partial charge on any atom is -0.300 e. The van der Waals surface area contributed by atoms with Gasteiger partial charge in [0, 0.05) is 6.04 Å². The third kappa shape index (κ3) is 4.49. The highest BCUT2D eigenvalue weighted by Crippen LogP contribution is 2.68. The van der Waals surface area contributed by atoms with Crippen LogP contribution in [0.5, 0.6) is 0 Å². The second-order valence-electron chi connectivity index (χ2n) is 14.7. The molecule has 4 aliphatic carbocycles. The van der Waals surface area contributed by atoms with Crippen LogP contribution in [0.2, 0.25) is 0 Å². The summed E-state index contributed by atoms with van der Waals surface area (Å²) in [7, 11) is 0. The highest BCUT2D eigenvalue weighted by molar-refractivity contribution is 5.10. The van der Waals surface area contributed by atoms with Gasteiger partial charge in [-0.05, 0) is 136 Å². The lowest BCUT2D eigenvalue weighted by atomic mass is 9.44. The van der Waals surface area contributed by atoms with Crippen molar-refractivity contribution >= 4 is 0 Å². The second-order valence-corrected chi connectivity index (χ2v) is 14.7. The van der Waals surface area contributed by atoms with Crippen LogP contribution in [0, 0.1) is 52.3 Å². The lowest BCUT2D eigenvalue weighted by Gasteiger charge is -2.62. The Labute approximate surface area is 207 Å². The maximum Gasteiger partial charge on any atom is 0.00983 e. The Morgan fingerprint density at radius 3 is 2.24 bits per heavy atom. The predicted octanol–water partition coefficient (Wildman–Crippen LogP) is 8.96. The van der Waals surface area contributed by atoms with Crippen LogP contribution in [0.25, 0.3) is 0 Å². The first-order chi connectivity index (χ1) is 15.8. The van der Waals surface area contributed by atoms with Crippen molar-refractivity contribution in [3.8, 4) is 0 Å². The Hall–Kier alpha value is -0.0400. The van der Waals surface area contributed by atoms with Crippen LogP contribution in [0.1, 0.15) is 131 Å². The molecule has 5 fully saturated rings. The molecule has 0 N–H and O–H groups in total. The van der Waals surface area contributed by atoms with Gasteiger partial charge in [-0.2, -0.15) is 0 Å². The van der Waals surface area contributed by atoms with Crippen molar-refractivity contribution in [3.63, 3.8) is 0 Å². The fourth-order valence-corrected chi connectivity index (χ4v) is 10.9. The number of rotatable bonds is 6. The van der Waals surface area contributed by atoms with Gasteiger partial charge in [0.2, 0.25) is 0 Å². The molecule has 0 bridgehead atoms. The van der Waals surface area contributed by atoms with Gasteiger partial charge in [0.25, 0.3) is 0 Å². The minimum absolute atomic E-state index is 0.659. The molecule has 190 valence electrons. The van der Waals surface area contributed by atoms with Crippen molar-refractivity contribution in [2.45, 2.75) is 137 Å². The maximum atomic E-state index is 2.91. The van der Waals surface area contributed by atoms with Gasteiger partial charge in [-0.25, -0.2) is 0 Å². The lowest BCUT2D eigenvalue weighted by Crippen LogP contribution is -2.56. The van der Waals surface area contributed by atoms with E-state index < -0.39 is 0 Å². The number of piperidine rings is 1. The summed E-state index contributed by atoms with van der Waals surface area (Å²) in [5.74, 6) is 7.01. The van der Waals surface area contributed by atoms with Crippen LogP contribution in [0.3, 0.4) is 0 Å². The SMILES string of the molecule is CC(C)CCC[C@@H](C)C1CCC2C3CCC4CC(N5CCCCC5)CCC4(C)C3CCC21C. The molecule has 1 heterocycles. The van der Waals surface area contributed by atoms with Crippen LogP contribution in [0.15, 0.2) is 0 Å². The molecule has 0 aromatic heterocycles. The number of hydrogen-bond donors (Lipinski definition) is 0. The molecular weight excluding hydrogens is 398 g/mol. The number of fused-ring (bicyclic) bond motifs is 5. The number of nitrogens with zero attached hydrogens (tertiary/aromatic N) is 1. The van der Waals surface area contributed by atoms with Crippen LogP contribution in [-0.2, 0) is 0 Å². The minimum atomic E-state index is 0.659. The summed E-state index contributed by atoms with van der Waals surface area (Å²) in [6, 6.07) is 0.927. The van der Waals surface area contributed by atoms with Crippen LogP contribution in [-0.4, -0.2) is 24.0 Å². The molecule has 1 aliphatic heterocycles. The predicted molar refractivity (Wildman–Crippen MR) is 142 cm³/mol. The van der Waals surface area contributed by atoms with E-state index in [0.29, 0.717) is 10.8 Å². The molecule has 8 unspecified atom stereocenters. The van der Waals surface area contributed by atoms with E-state index in [-0.39, 0.29) is 0 Å². The van der Waals surface area contributed by atoms with Crippen molar-refractivity contribution in [2.24, 2.45) is 52.3 Å². The monoisotopic (exact) mass is 455 g/mol. The van der Waals surface area contributed by atoms with E-state index in [4.69, 9.17) is 0 Å². The first-order valence-corrected chi connectivity index (χ1v) is 15.6. The van der Waals surface area contributed by atoms with Crippen molar-refractivity contribution in [1.29, 1.82) is 0 Å². The third-order valence-electron chi connectivity index (χ3n) is 12.7. The summed E-state index contributed by atoms with van der Waals surface area (Å²) in [6.07, 6.45) is 22.7. The molecule has 1 nitrogen and oxygen atoms in total. The van der Waals surface area contributed by atoms with Gasteiger partial charge < -0.3 is 4.90 Å². The zero-order valence-corrected chi connectivity index (χ0v) is 23.1. The maximum absolute atomic E-state index is 2.91. The molecule has 9 atom stereocenters. The summed E-state index contributed by atoms with van der Waals surface area (Å²) < 4.78 is 0. The van der Waals surface area contributed by atoms with Gasteiger partial charge in [-0.15, -0.1) is 0 Å². The van der Waals surface area contributed by atoms with E-state index in [2.05, 4.69) is 39.5 Å². The zero-order chi connectivity index (χ0) is 23.2. The molecular formula is C32H57N. The van der Waals surface area contributed by atoms with Gasteiger partial charge in [-0.3, -0.25) is 0 Å². The molecule has 0 amide bonds. The standard InChI is InChI=1S/C32H57N/c1-23(2)10-9-11-24(3)28-14-15-29-27-13-12-25-22-26(33-20-7-6-8-21-33)16-18-31(25,4)30(27)17-19-32(28,29)5/h23-30H,6-22H2,1-5H3/t24-,25?,26?,27?,28?,29?,30?,31?,32?/m1/s1. The molecule has 1 saturated heterocycles. The molecule has 33 heavy (non-hydrogen) atoms. The topological polar surface area (TPSA) is 3.24 Å². The first-order valence-electron chi connectivity index (χ1n) is 15.6. The number of hydrogen-bond acceptors (Lipinski definition) is 1. The van der Waals surface area contributed by atoms with Gasteiger partial charge in [0.15, 0.2) is 0 Å². The Balaban J connectivity index is 1.24. The van der Waals surface area contributed by atoms with E-state index in [9.17, 15) is 0 Å². The van der Waals surface area contributed by atoms with Gasteiger partial charge in [0.05, 0.1) is 0 Å². The summed E-state index contributed by atoms with van der Waals surface area (Å²) in [5, 5.41) is 0. The average Bonchev–Trinajstić information content (AvgIpc) is 3.16. The molecule has 0 radical (unpaired) electrons. The zero-order valence-electron chi connectivity index (χ0n) is 23.1. The fourth-order valence-electron chi connectivity index (χ4n) is 10.9. The second kappa shape index (κ2) is 9.78. The summed E-state index contributed by atoms with van der Waals surface area (Å²) >= 11 is 0. The van der Waals surface area contributed by atoms with E-state index >= 15 is 0 Å². The molecule has 4 saturated carbocycles. The van der Waals surface area contributed by atoms with Gasteiger partial charge >= 0.3 is 0 Å². The first kappa shape index (κ1) is 24.6. The van der Waals surface area contributed by atoms with Crippen molar-refractivity contribution in [2.75, 3.05) is 13.1 Å². The van der Waals surface area contributed by atoms with E-state index in [1.807, 2.05) is 0 Å². The molecule has 0 spiro atoms. The lowest BCUT2D eigenvalue weighted by molar-refractivity contribution is -0.124. The normalized spacial score (nSPS) is 47.1. The Morgan fingerprint density at radius 1 is 0.758 bits per heavy atom. The van der Waals surface area contributed by atoms with E-state index in [0.717, 1.165) is 47.5 Å². The summed E-state index contributed by atoms with van der Waals surface area (Å²) in [4.78, 5) is 2.91. The molecule has 5 rings (SSSR count). The quantitative estimate of drug-likeness (QED) is 0.386. The van der Waals surface area contributed by atoms with Crippen molar-refractivity contribution in [3.05, 3.63) is 0 Å². The summed E-state index contributed by atoms with van der Waals surface area (Å²) in [5.41, 5.74) is 1.32. The highest BCUT2D eigenvalue weighted by atomic mass is 15.2. The Bertz CT molecular complexity index is 649. The third-order valence-corrected chi connectivity index (χ3v) is 12.7. The molecule has 0 aromatic carbocycles. The van der Waals surface area contributed by atoms with Crippen LogP contribution in [0.4, 0.5) is 0 Å². The van der Waals surface area contributed by atoms with Gasteiger partial charge in [-0.1, -0.05) is 60.3 Å². The summed E-state index contributed by atoms with van der Waals surface area (Å²) in [6.45, 7) is 15.8. The van der Waals surface area contributed by atoms with Crippen LogP contribution < -0.4 is 0 Å². The number of likely N-dealkylation sites (tertiary alicyclic amines) is 1. The highest BCUT2D eigenvalue weighted by Gasteiger charge is 2.60.